The van der Waals surface area contributed by atoms with Crippen LogP contribution in [0.5, 0.6) is 0 Å². The van der Waals surface area contributed by atoms with Crippen molar-refractivity contribution in [1.29, 1.82) is 0 Å². The van der Waals surface area contributed by atoms with Crippen molar-refractivity contribution in [3.63, 3.8) is 0 Å². The summed E-state index contributed by atoms with van der Waals surface area (Å²) in [6, 6.07) is 3.16. The normalized spacial score (nSPS) is 23.2. The molecular formula is C21H25F4N5O2. The Kier molecular flexibility index (Phi) is 6.11. The molecule has 11 heteroatoms. The van der Waals surface area contributed by atoms with E-state index in [4.69, 9.17) is 0 Å². The van der Waals surface area contributed by atoms with Gasteiger partial charge in [0.2, 0.25) is 5.91 Å². The van der Waals surface area contributed by atoms with E-state index in [0.29, 0.717) is 31.5 Å². The van der Waals surface area contributed by atoms with Gasteiger partial charge in [0, 0.05) is 25.2 Å². The monoisotopic (exact) mass is 455 g/mol. The molecule has 2 aliphatic heterocycles. The van der Waals surface area contributed by atoms with Crippen molar-refractivity contribution < 1.29 is 27.2 Å². The summed E-state index contributed by atoms with van der Waals surface area (Å²) in [4.78, 5) is 26.6. The number of rotatable bonds is 6. The van der Waals surface area contributed by atoms with Gasteiger partial charge in [0.1, 0.15) is 0 Å². The molecule has 0 spiro atoms. The number of carbonyl (C=O) groups is 2. The summed E-state index contributed by atoms with van der Waals surface area (Å²) in [5, 5.41) is 6.58. The summed E-state index contributed by atoms with van der Waals surface area (Å²) in [5.74, 6) is -4.09. The Hall–Kier alpha value is -2.69. The third-order valence-electron chi connectivity index (χ3n) is 6.29. The number of aromatic nitrogens is 2. The maximum absolute atomic E-state index is 13.5. The van der Waals surface area contributed by atoms with Gasteiger partial charge in [-0.25, -0.2) is 18.1 Å². The molecule has 2 aromatic rings. The molecule has 0 bridgehead atoms. The van der Waals surface area contributed by atoms with Crippen LogP contribution in [0.4, 0.5) is 28.0 Å². The number of pyridine rings is 1. The van der Waals surface area contributed by atoms with Crippen molar-refractivity contribution in [1.82, 2.24) is 19.8 Å². The molecule has 7 nitrogen and oxygen atoms in total. The number of hydrogen-bond acceptors (Lipinski definition) is 4. The van der Waals surface area contributed by atoms with E-state index in [-0.39, 0.29) is 30.8 Å². The standard InChI is InChI=1S/C21H25F4N5O2/c1-13-8-14(2-5-28(13)12-21(24,25)19(22)23)9-15-3-7-30-16(10-15)17(11-26-30)29-6-4-18(31)27-20(29)32/h3,7,10-11,13-14,19H,2,4-6,8-9,12H2,1H3,(H,27,31,32)/t13-,14+/m0/s1. The second-order valence-corrected chi connectivity index (χ2v) is 8.63. The van der Waals surface area contributed by atoms with Crippen LogP contribution in [0.2, 0.25) is 0 Å². The molecule has 2 atom stereocenters. The molecule has 2 aliphatic rings. The molecule has 0 aliphatic carbocycles. The van der Waals surface area contributed by atoms with Crippen molar-refractivity contribution >= 4 is 23.1 Å². The van der Waals surface area contributed by atoms with Gasteiger partial charge in [0.15, 0.2) is 0 Å². The lowest BCUT2D eigenvalue weighted by Gasteiger charge is -2.39. The largest absolute Gasteiger partial charge is 0.328 e. The number of carbonyl (C=O) groups excluding carboxylic acids is 2. The predicted molar refractivity (Wildman–Crippen MR) is 109 cm³/mol. The number of fused-ring (bicyclic) bond motifs is 1. The number of likely N-dealkylation sites (tertiary alicyclic amines) is 1. The highest BCUT2D eigenvalue weighted by Gasteiger charge is 2.44. The third-order valence-corrected chi connectivity index (χ3v) is 6.29. The Labute approximate surface area is 182 Å². The van der Waals surface area contributed by atoms with Crippen molar-refractivity contribution in [3.05, 3.63) is 30.1 Å². The topological polar surface area (TPSA) is 70.0 Å². The summed E-state index contributed by atoms with van der Waals surface area (Å²) in [7, 11) is 0. The molecule has 2 saturated heterocycles. The Morgan fingerprint density at radius 3 is 2.75 bits per heavy atom. The molecule has 0 unspecified atom stereocenters. The van der Waals surface area contributed by atoms with Gasteiger partial charge in [-0.05, 0) is 56.3 Å². The first-order valence-corrected chi connectivity index (χ1v) is 10.6. The summed E-state index contributed by atoms with van der Waals surface area (Å²) in [5.41, 5.74) is 2.35. The lowest BCUT2D eigenvalue weighted by molar-refractivity contribution is -0.149. The van der Waals surface area contributed by atoms with Crippen molar-refractivity contribution in [2.24, 2.45) is 5.92 Å². The molecule has 2 aromatic heterocycles. The number of anilines is 1. The maximum Gasteiger partial charge on any atom is 0.328 e. The van der Waals surface area contributed by atoms with Gasteiger partial charge in [0.05, 0.1) is 23.9 Å². The number of piperidine rings is 1. The summed E-state index contributed by atoms with van der Waals surface area (Å²) >= 11 is 0. The number of nitrogens with zero attached hydrogens (tertiary/aromatic N) is 4. The number of hydrogen-bond donors (Lipinski definition) is 1. The average Bonchev–Trinajstić information content (AvgIpc) is 3.13. The zero-order chi connectivity index (χ0) is 23.0. The lowest BCUT2D eigenvalue weighted by atomic mass is 9.86. The molecule has 3 amide bonds. The molecule has 2 fully saturated rings. The Morgan fingerprint density at radius 2 is 2.06 bits per heavy atom. The molecule has 0 saturated carbocycles. The molecule has 174 valence electrons. The van der Waals surface area contributed by atoms with Gasteiger partial charge >= 0.3 is 18.4 Å². The van der Waals surface area contributed by atoms with Crippen molar-refractivity contribution in [2.45, 2.75) is 51.0 Å². The highest BCUT2D eigenvalue weighted by Crippen LogP contribution is 2.32. The van der Waals surface area contributed by atoms with Crippen LogP contribution in [0, 0.1) is 5.92 Å². The van der Waals surface area contributed by atoms with Crippen molar-refractivity contribution in [2.75, 3.05) is 24.5 Å². The first kappa shape index (κ1) is 22.5. The number of halogens is 4. The fourth-order valence-corrected chi connectivity index (χ4v) is 4.55. The Bertz CT molecular complexity index is 1010. The molecule has 4 rings (SSSR count). The molecule has 1 N–H and O–H groups in total. The second-order valence-electron chi connectivity index (χ2n) is 8.63. The smallest absolute Gasteiger partial charge is 0.295 e. The van der Waals surface area contributed by atoms with Gasteiger partial charge in [-0.1, -0.05) is 0 Å². The van der Waals surface area contributed by atoms with Crippen LogP contribution in [0.25, 0.3) is 5.52 Å². The van der Waals surface area contributed by atoms with E-state index in [1.54, 1.807) is 23.8 Å². The number of nitrogens with one attached hydrogen (secondary N) is 1. The molecule has 4 heterocycles. The Balaban J connectivity index is 1.44. The van der Waals surface area contributed by atoms with E-state index >= 15 is 0 Å². The van der Waals surface area contributed by atoms with Crippen LogP contribution < -0.4 is 10.2 Å². The van der Waals surface area contributed by atoms with Crippen molar-refractivity contribution in [3.8, 4) is 0 Å². The average molecular weight is 455 g/mol. The van der Waals surface area contributed by atoms with Crippen LogP contribution in [-0.4, -0.2) is 64.5 Å². The Morgan fingerprint density at radius 1 is 1.28 bits per heavy atom. The van der Waals surface area contributed by atoms with Crippen LogP contribution in [-0.2, 0) is 11.2 Å². The minimum Gasteiger partial charge on any atom is -0.295 e. The first-order valence-electron chi connectivity index (χ1n) is 10.6. The minimum absolute atomic E-state index is 0.212. The quantitative estimate of drug-likeness (QED) is 0.679. The molecule has 0 aromatic carbocycles. The van der Waals surface area contributed by atoms with E-state index in [9.17, 15) is 27.2 Å². The summed E-state index contributed by atoms with van der Waals surface area (Å²) in [6.45, 7) is 1.48. The van der Waals surface area contributed by atoms with Crippen LogP contribution >= 0.6 is 0 Å². The van der Waals surface area contributed by atoms with Crippen LogP contribution in [0.15, 0.2) is 24.5 Å². The second kappa shape index (κ2) is 8.68. The van der Waals surface area contributed by atoms with E-state index < -0.39 is 24.9 Å². The maximum atomic E-state index is 13.5. The predicted octanol–water partition coefficient (Wildman–Crippen LogP) is 3.32. The molecule has 0 radical (unpaired) electrons. The van der Waals surface area contributed by atoms with Crippen LogP contribution in [0.1, 0.15) is 31.7 Å². The summed E-state index contributed by atoms with van der Waals surface area (Å²) < 4.78 is 53.6. The number of amides is 3. The van der Waals surface area contributed by atoms with Gasteiger partial charge in [-0.15, -0.1) is 0 Å². The fraction of sp³-hybridized carbons (Fsp3) is 0.571. The highest BCUT2D eigenvalue weighted by molar-refractivity contribution is 6.07. The SMILES string of the molecule is C[C@H]1C[C@H](Cc2ccn3ncc(N4CCC(=O)NC4=O)c3c2)CCN1CC(F)(F)C(F)F. The zero-order valence-corrected chi connectivity index (χ0v) is 17.6. The van der Waals surface area contributed by atoms with E-state index in [0.717, 1.165) is 11.1 Å². The van der Waals surface area contributed by atoms with Gasteiger partial charge in [-0.3, -0.25) is 19.9 Å². The van der Waals surface area contributed by atoms with E-state index in [1.807, 2.05) is 12.1 Å². The number of imide groups is 1. The summed E-state index contributed by atoms with van der Waals surface area (Å²) in [6.07, 6.45) is 1.90. The third kappa shape index (κ3) is 4.57. The van der Waals surface area contributed by atoms with Crippen LogP contribution in [0.3, 0.4) is 0 Å². The van der Waals surface area contributed by atoms with E-state index in [1.165, 1.54) is 9.80 Å². The molecular weight excluding hydrogens is 430 g/mol. The highest BCUT2D eigenvalue weighted by atomic mass is 19.3. The molecule has 32 heavy (non-hydrogen) atoms. The number of alkyl halides is 4. The number of urea groups is 1. The van der Waals surface area contributed by atoms with E-state index in [2.05, 4.69) is 10.4 Å². The first-order chi connectivity index (χ1) is 15.1. The van der Waals surface area contributed by atoms with Gasteiger partial charge in [0.25, 0.3) is 0 Å². The fourth-order valence-electron chi connectivity index (χ4n) is 4.55. The minimum atomic E-state index is -4.00. The zero-order valence-electron chi connectivity index (χ0n) is 17.6. The van der Waals surface area contributed by atoms with Gasteiger partial charge in [-0.2, -0.15) is 13.9 Å². The lowest BCUT2D eigenvalue weighted by Crippen LogP contribution is -2.49. The van der Waals surface area contributed by atoms with Gasteiger partial charge < -0.3 is 0 Å².